The van der Waals surface area contributed by atoms with E-state index in [1.165, 1.54) is 6.26 Å². The first-order valence-corrected chi connectivity index (χ1v) is 6.62. The Morgan fingerprint density at radius 3 is 2.89 bits per heavy atom. The number of hydrogen-bond acceptors (Lipinski definition) is 6. The molecular formula is C9H12N4O4S. The summed E-state index contributed by atoms with van der Waals surface area (Å²) in [7, 11) is -1.04. The van der Waals surface area contributed by atoms with E-state index in [1.807, 2.05) is 0 Å². The number of nitro groups is 1. The summed E-state index contributed by atoms with van der Waals surface area (Å²) in [5.41, 5.74) is 4.80. The van der Waals surface area contributed by atoms with Gasteiger partial charge in [-0.2, -0.15) is 0 Å². The molecule has 18 heavy (non-hydrogen) atoms. The first kappa shape index (κ1) is 14.0. The van der Waals surface area contributed by atoms with Crippen LogP contribution in [-0.4, -0.2) is 38.6 Å². The SMILES string of the molecule is CS(=O)CCNC(=O)c1cc(N)ncc1[N+](=O)[O-]. The van der Waals surface area contributed by atoms with Gasteiger partial charge in [0.1, 0.15) is 17.6 Å². The smallest absolute Gasteiger partial charge is 0.300 e. The van der Waals surface area contributed by atoms with E-state index in [-0.39, 0.29) is 23.7 Å². The Hall–Kier alpha value is -2.03. The Morgan fingerprint density at radius 2 is 2.33 bits per heavy atom. The van der Waals surface area contributed by atoms with Crippen LogP contribution < -0.4 is 11.1 Å². The molecule has 8 nitrogen and oxygen atoms in total. The zero-order valence-electron chi connectivity index (χ0n) is 9.58. The zero-order valence-corrected chi connectivity index (χ0v) is 10.4. The van der Waals surface area contributed by atoms with E-state index in [2.05, 4.69) is 10.3 Å². The van der Waals surface area contributed by atoms with Crippen molar-refractivity contribution in [3.8, 4) is 0 Å². The molecule has 0 aliphatic carbocycles. The maximum absolute atomic E-state index is 11.7. The third kappa shape index (κ3) is 3.77. The van der Waals surface area contributed by atoms with Gasteiger partial charge in [-0.15, -0.1) is 0 Å². The molecule has 1 aromatic heterocycles. The molecule has 1 rings (SSSR count). The first-order chi connectivity index (χ1) is 8.41. The minimum atomic E-state index is -1.04. The molecule has 0 fully saturated rings. The predicted octanol–water partition coefficient (Wildman–Crippen LogP) is -0.320. The van der Waals surface area contributed by atoms with Gasteiger partial charge in [-0.25, -0.2) is 4.98 Å². The lowest BCUT2D eigenvalue weighted by molar-refractivity contribution is -0.385. The average molecular weight is 272 g/mol. The Labute approximate surface area is 105 Å². The number of nitrogens with one attached hydrogen (secondary N) is 1. The van der Waals surface area contributed by atoms with Crippen molar-refractivity contribution in [3.05, 3.63) is 27.9 Å². The van der Waals surface area contributed by atoms with Crippen LogP contribution in [0, 0.1) is 10.1 Å². The molecule has 3 N–H and O–H groups in total. The molecule has 9 heteroatoms. The predicted molar refractivity (Wildman–Crippen MR) is 66.6 cm³/mol. The average Bonchev–Trinajstić information content (AvgIpc) is 2.27. The van der Waals surface area contributed by atoms with Crippen LogP contribution in [0.25, 0.3) is 0 Å². The molecule has 0 aliphatic rings. The van der Waals surface area contributed by atoms with Gasteiger partial charge >= 0.3 is 0 Å². The fourth-order valence-electron chi connectivity index (χ4n) is 1.20. The molecule has 1 amide bonds. The molecule has 1 unspecified atom stereocenters. The number of hydrogen-bond donors (Lipinski definition) is 2. The molecule has 1 aromatic rings. The van der Waals surface area contributed by atoms with Gasteiger partial charge in [0.25, 0.3) is 11.6 Å². The minimum Gasteiger partial charge on any atom is -0.384 e. The maximum atomic E-state index is 11.7. The van der Waals surface area contributed by atoms with Crippen molar-refractivity contribution in [1.82, 2.24) is 10.3 Å². The van der Waals surface area contributed by atoms with Gasteiger partial charge < -0.3 is 11.1 Å². The van der Waals surface area contributed by atoms with E-state index in [4.69, 9.17) is 5.73 Å². The van der Waals surface area contributed by atoms with Crippen molar-refractivity contribution in [2.45, 2.75) is 0 Å². The molecule has 0 saturated heterocycles. The lowest BCUT2D eigenvalue weighted by atomic mass is 10.2. The van der Waals surface area contributed by atoms with E-state index in [0.717, 1.165) is 12.3 Å². The second-order valence-corrected chi connectivity index (χ2v) is 4.97. The molecular weight excluding hydrogens is 260 g/mol. The topological polar surface area (TPSA) is 128 Å². The maximum Gasteiger partial charge on any atom is 0.300 e. The fourth-order valence-corrected chi connectivity index (χ4v) is 1.58. The molecule has 0 spiro atoms. The van der Waals surface area contributed by atoms with Gasteiger partial charge in [-0.1, -0.05) is 0 Å². The number of nitrogen functional groups attached to an aromatic ring is 1. The second-order valence-electron chi connectivity index (χ2n) is 3.42. The third-order valence-electron chi connectivity index (χ3n) is 2.02. The van der Waals surface area contributed by atoms with Crippen LogP contribution in [0.4, 0.5) is 11.5 Å². The molecule has 0 bridgehead atoms. The van der Waals surface area contributed by atoms with Crippen molar-refractivity contribution in [2.75, 3.05) is 24.3 Å². The highest BCUT2D eigenvalue weighted by Gasteiger charge is 2.20. The molecule has 98 valence electrons. The van der Waals surface area contributed by atoms with E-state index >= 15 is 0 Å². The van der Waals surface area contributed by atoms with Crippen LogP contribution in [0.15, 0.2) is 12.3 Å². The summed E-state index contributed by atoms with van der Waals surface area (Å²) in [5.74, 6) is -0.342. The normalized spacial score (nSPS) is 11.8. The van der Waals surface area contributed by atoms with Gasteiger partial charge in [0.05, 0.1) is 4.92 Å². The quantitative estimate of drug-likeness (QED) is 0.558. The number of carbonyl (C=O) groups is 1. The summed E-state index contributed by atoms with van der Waals surface area (Å²) in [5, 5.41) is 13.1. The van der Waals surface area contributed by atoms with Crippen LogP contribution in [-0.2, 0) is 10.8 Å². The summed E-state index contributed by atoms with van der Waals surface area (Å²) in [6.07, 6.45) is 2.43. The highest BCUT2D eigenvalue weighted by molar-refractivity contribution is 7.84. The van der Waals surface area contributed by atoms with Crippen molar-refractivity contribution < 1.29 is 13.9 Å². The van der Waals surface area contributed by atoms with Crippen molar-refractivity contribution >= 4 is 28.2 Å². The van der Waals surface area contributed by atoms with Crippen LogP contribution in [0.1, 0.15) is 10.4 Å². The monoisotopic (exact) mass is 272 g/mol. The Kier molecular flexibility index (Phi) is 4.72. The van der Waals surface area contributed by atoms with Gasteiger partial charge in [0, 0.05) is 29.4 Å². The number of rotatable bonds is 5. The fraction of sp³-hybridized carbons (Fsp3) is 0.333. The van der Waals surface area contributed by atoms with Crippen LogP contribution >= 0.6 is 0 Å². The molecule has 0 saturated carbocycles. The van der Waals surface area contributed by atoms with E-state index < -0.39 is 27.3 Å². The van der Waals surface area contributed by atoms with Crippen molar-refractivity contribution in [3.63, 3.8) is 0 Å². The Morgan fingerprint density at radius 1 is 1.67 bits per heavy atom. The number of nitrogens with two attached hydrogens (primary N) is 1. The lowest BCUT2D eigenvalue weighted by Gasteiger charge is -2.05. The molecule has 1 atom stereocenters. The minimum absolute atomic E-state index is 0.0183. The second kappa shape index (κ2) is 6.05. The zero-order chi connectivity index (χ0) is 13.7. The summed E-state index contributed by atoms with van der Waals surface area (Å²) in [6.45, 7) is 0.168. The number of aromatic nitrogens is 1. The molecule has 1 heterocycles. The van der Waals surface area contributed by atoms with Crippen LogP contribution in [0.5, 0.6) is 0 Å². The number of carbonyl (C=O) groups excluding carboxylic acids is 1. The highest BCUT2D eigenvalue weighted by Crippen LogP contribution is 2.18. The summed E-state index contributed by atoms with van der Waals surface area (Å²) in [6, 6.07) is 1.14. The Balaban J connectivity index is 2.87. The summed E-state index contributed by atoms with van der Waals surface area (Å²) in [4.78, 5) is 25.3. The number of pyridine rings is 1. The van der Waals surface area contributed by atoms with E-state index in [0.29, 0.717) is 0 Å². The Bertz CT molecular complexity index is 505. The van der Waals surface area contributed by atoms with Gasteiger partial charge in [-0.3, -0.25) is 19.1 Å². The molecule has 0 radical (unpaired) electrons. The van der Waals surface area contributed by atoms with Gasteiger partial charge in [0.2, 0.25) is 0 Å². The van der Waals surface area contributed by atoms with Crippen molar-refractivity contribution in [2.24, 2.45) is 0 Å². The van der Waals surface area contributed by atoms with Crippen LogP contribution in [0.3, 0.4) is 0 Å². The first-order valence-electron chi connectivity index (χ1n) is 4.90. The summed E-state index contributed by atoms with van der Waals surface area (Å²) >= 11 is 0. The van der Waals surface area contributed by atoms with E-state index in [1.54, 1.807) is 0 Å². The van der Waals surface area contributed by atoms with Crippen molar-refractivity contribution in [1.29, 1.82) is 0 Å². The third-order valence-corrected chi connectivity index (χ3v) is 2.80. The summed E-state index contributed by atoms with van der Waals surface area (Å²) < 4.78 is 10.8. The largest absolute Gasteiger partial charge is 0.384 e. The highest BCUT2D eigenvalue weighted by atomic mass is 32.2. The van der Waals surface area contributed by atoms with Crippen LogP contribution in [0.2, 0.25) is 0 Å². The lowest BCUT2D eigenvalue weighted by Crippen LogP contribution is -2.28. The molecule has 0 aromatic carbocycles. The standard InChI is InChI=1S/C9H12N4O4S/c1-18(17)3-2-11-9(14)6-4-8(10)12-5-7(6)13(15)16/h4-5H,2-3H2,1H3,(H2,10,12)(H,11,14). The van der Waals surface area contributed by atoms with E-state index in [9.17, 15) is 19.1 Å². The van der Waals surface area contributed by atoms with Gasteiger partial charge in [0.15, 0.2) is 0 Å². The van der Waals surface area contributed by atoms with Gasteiger partial charge in [-0.05, 0) is 6.07 Å². The molecule has 0 aliphatic heterocycles. The number of nitrogens with zero attached hydrogens (tertiary/aromatic N) is 2. The number of amides is 1. The number of anilines is 1.